The highest BCUT2D eigenvalue weighted by Crippen LogP contribution is 2.36. The van der Waals surface area contributed by atoms with Crippen molar-refractivity contribution in [3.05, 3.63) is 95.2 Å². The summed E-state index contributed by atoms with van der Waals surface area (Å²) in [6, 6.07) is 12.0. The fourth-order valence-corrected chi connectivity index (χ4v) is 6.48. The summed E-state index contributed by atoms with van der Waals surface area (Å²) in [5, 5.41) is 11.7. The van der Waals surface area contributed by atoms with Crippen LogP contribution in [-0.4, -0.2) is 25.1 Å². The molecule has 0 radical (unpaired) electrons. The maximum Gasteiger partial charge on any atom is 0.159 e. The van der Waals surface area contributed by atoms with Crippen LogP contribution in [0, 0.1) is 5.92 Å². The molecule has 4 heterocycles. The first-order valence-corrected chi connectivity index (χ1v) is 14.9. The van der Waals surface area contributed by atoms with E-state index >= 15 is 4.39 Å². The van der Waals surface area contributed by atoms with Gasteiger partial charge in [0.05, 0.1) is 33.5 Å². The lowest BCUT2D eigenvalue weighted by atomic mass is 10.0. The van der Waals surface area contributed by atoms with Crippen molar-refractivity contribution < 1.29 is 4.39 Å². The van der Waals surface area contributed by atoms with Crippen LogP contribution in [0.25, 0.3) is 56.0 Å². The van der Waals surface area contributed by atoms with Crippen LogP contribution < -0.4 is 15.9 Å². The summed E-state index contributed by atoms with van der Waals surface area (Å²) < 4.78 is 16.4. The maximum atomic E-state index is 16.4. The van der Waals surface area contributed by atoms with Crippen molar-refractivity contribution in [2.75, 3.05) is 5.32 Å². The molecule has 0 aliphatic heterocycles. The largest absolute Gasteiger partial charge is 0.358 e. The number of imidazole rings is 1. The zero-order valence-corrected chi connectivity index (χ0v) is 24.7. The van der Waals surface area contributed by atoms with Gasteiger partial charge in [-0.25, -0.2) is 9.37 Å². The third-order valence-electron chi connectivity index (χ3n) is 7.84. The Morgan fingerprint density at radius 2 is 1.93 bits per heavy atom. The Kier molecular flexibility index (Phi) is 7.47. The van der Waals surface area contributed by atoms with Crippen molar-refractivity contribution in [1.82, 2.24) is 25.1 Å². The van der Waals surface area contributed by atoms with Crippen LogP contribution in [0.2, 0.25) is 0 Å². The highest BCUT2D eigenvalue weighted by atomic mass is 32.1. The molecule has 0 atom stereocenters. The fourth-order valence-electron chi connectivity index (χ4n) is 5.53. The van der Waals surface area contributed by atoms with E-state index in [2.05, 4.69) is 57.4 Å². The molecule has 3 N–H and O–H groups in total. The van der Waals surface area contributed by atoms with Gasteiger partial charge < -0.3 is 10.3 Å². The van der Waals surface area contributed by atoms with Gasteiger partial charge in [-0.3, -0.25) is 10.1 Å². The van der Waals surface area contributed by atoms with E-state index in [4.69, 9.17) is 4.98 Å². The number of nitrogens with one attached hydrogen (secondary N) is 3. The summed E-state index contributed by atoms with van der Waals surface area (Å²) in [6.07, 6.45) is 9.86. The van der Waals surface area contributed by atoms with Crippen LogP contribution in [-0.2, 0) is 0 Å². The third-order valence-corrected chi connectivity index (χ3v) is 9.12. The van der Waals surface area contributed by atoms with Crippen molar-refractivity contribution in [3.63, 3.8) is 0 Å². The standard InChI is InChI=1S/C34H33FN6S/c1-6-26-30(31(35)20(4)23-16-24(18-36-17-23)37-21(5)22-10-7-8-11-22)33(41-40-26)34-38-27-13-9-12-25(32(27)39-34)29-15-14-28(42-29)19(2)3/h6,9,12-18,22,37,40H,2,4-5,7-8,10-11H2,1,3H3,(H,38,39)/b26-6+,31-30-. The van der Waals surface area contributed by atoms with Gasteiger partial charge in [0.15, 0.2) is 5.82 Å². The van der Waals surface area contributed by atoms with Crippen molar-refractivity contribution in [2.45, 2.75) is 39.5 Å². The second kappa shape index (κ2) is 11.4. The summed E-state index contributed by atoms with van der Waals surface area (Å²) in [7, 11) is 0. The normalized spacial score (nSPS) is 14.9. The Morgan fingerprint density at radius 3 is 2.67 bits per heavy atom. The average Bonchev–Trinajstić information content (AvgIpc) is 3.81. The van der Waals surface area contributed by atoms with Crippen LogP contribution >= 0.6 is 11.3 Å². The molecule has 0 unspecified atom stereocenters. The monoisotopic (exact) mass is 576 g/mol. The number of anilines is 1. The van der Waals surface area contributed by atoms with Gasteiger partial charge in [0, 0.05) is 38.3 Å². The van der Waals surface area contributed by atoms with E-state index in [1.54, 1.807) is 29.8 Å². The van der Waals surface area contributed by atoms with E-state index in [1.165, 1.54) is 12.8 Å². The van der Waals surface area contributed by atoms with Crippen LogP contribution in [0.15, 0.2) is 74.2 Å². The lowest BCUT2D eigenvalue weighted by Gasteiger charge is -2.16. The summed E-state index contributed by atoms with van der Waals surface area (Å²) in [5.74, 6) is 0.428. The van der Waals surface area contributed by atoms with E-state index < -0.39 is 5.83 Å². The van der Waals surface area contributed by atoms with Crippen LogP contribution in [0.3, 0.4) is 0 Å². The highest BCUT2D eigenvalue weighted by molar-refractivity contribution is 7.16. The Balaban J connectivity index is 1.39. The van der Waals surface area contributed by atoms with Crippen LogP contribution in [0.4, 0.5) is 10.1 Å². The molecule has 5 aromatic rings. The van der Waals surface area contributed by atoms with E-state index in [0.29, 0.717) is 33.6 Å². The number of aromatic amines is 2. The third kappa shape index (κ3) is 5.14. The number of para-hydroxylation sites is 1. The fraction of sp³-hybridized carbons (Fsp3) is 0.206. The van der Waals surface area contributed by atoms with Gasteiger partial charge in [0.25, 0.3) is 0 Å². The Bertz CT molecular complexity index is 1970. The minimum atomic E-state index is -0.495. The first kappa shape index (κ1) is 27.6. The molecule has 6 nitrogen and oxygen atoms in total. The molecule has 1 saturated carbocycles. The zero-order chi connectivity index (χ0) is 29.4. The van der Waals surface area contributed by atoms with Gasteiger partial charge >= 0.3 is 0 Å². The molecule has 0 bridgehead atoms. The number of H-pyrrole nitrogens is 2. The molecule has 4 aromatic heterocycles. The number of pyridine rings is 1. The van der Waals surface area contributed by atoms with Gasteiger partial charge in [0.1, 0.15) is 11.5 Å². The molecule has 0 amide bonds. The number of benzene rings is 1. The Morgan fingerprint density at radius 1 is 1.12 bits per heavy atom. The minimum Gasteiger partial charge on any atom is -0.358 e. The summed E-state index contributed by atoms with van der Waals surface area (Å²) >= 11 is 1.67. The van der Waals surface area contributed by atoms with Gasteiger partial charge in [-0.2, -0.15) is 5.10 Å². The predicted molar refractivity (Wildman–Crippen MR) is 174 cm³/mol. The second-order valence-electron chi connectivity index (χ2n) is 10.8. The Labute approximate surface area is 248 Å². The van der Waals surface area contributed by atoms with Crippen molar-refractivity contribution in [2.24, 2.45) is 5.92 Å². The number of hydrogen-bond donors (Lipinski definition) is 3. The first-order chi connectivity index (χ1) is 20.3. The summed E-state index contributed by atoms with van der Waals surface area (Å²) in [5.41, 5.74) is 6.56. The van der Waals surface area contributed by atoms with Crippen LogP contribution in [0.5, 0.6) is 0 Å². The Hall–Kier alpha value is -4.56. The molecule has 1 fully saturated rings. The lowest BCUT2D eigenvalue weighted by Crippen LogP contribution is -2.26. The van der Waals surface area contributed by atoms with Gasteiger partial charge in [-0.15, -0.1) is 11.3 Å². The molecule has 42 heavy (non-hydrogen) atoms. The second-order valence-corrected chi connectivity index (χ2v) is 11.9. The van der Waals surface area contributed by atoms with Crippen molar-refractivity contribution in [3.8, 4) is 22.0 Å². The molecule has 1 aromatic carbocycles. The predicted octanol–water partition coefficient (Wildman–Crippen LogP) is 7.82. The van der Waals surface area contributed by atoms with E-state index in [1.807, 2.05) is 38.1 Å². The maximum absolute atomic E-state index is 16.4. The van der Waals surface area contributed by atoms with Gasteiger partial charge in [-0.1, -0.05) is 50.8 Å². The molecule has 1 aliphatic carbocycles. The molecule has 6 rings (SSSR count). The number of fused-ring (bicyclic) bond motifs is 1. The van der Waals surface area contributed by atoms with E-state index in [0.717, 1.165) is 56.2 Å². The molecule has 8 heteroatoms. The molecule has 212 valence electrons. The van der Waals surface area contributed by atoms with Crippen molar-refractivity contribution >= 4 is 51.1 Å². The molecule has 0 spiro atoms. The van der Waals surface area contributed by atoms with Crippen LogP contribution in [0.1, 0.15) is 50.0 Å². The lowest BCUT2D eigenvalue weighted by molar-refractivity contribution is 0.649. The number of aromatic nitrogens is 5. The van der Waals surface area contributed by atoms with Crippen molar-refractivity contribution in [1.29, 1.82) is 0 Å². The quantitative estimate of drug-likeness (QED) is 0.176. The van der Waals surface area contributed by atoms with Gasteiger partial charge in [0.2, 0.25) is 0 Å². The number of nitrogens with zero attached hydrogens (tertiary/aromatic N) is 3. The number of halogens is 1. The minimum absolute atomic E-state index is 0.214. The number of rotatable bonds is 8. The molecule has 1 aliphatic rings. The summed E-state index contributed by atoms with van der Waals surface area (Å²) in [6.45, 7) is 16.2. The number of allylic oxidation sites excluding steroid dienone is 3. The molecule has 0 saturated heterocycles. The van der Waals surface area contributed by atoms with E-state index in [-0.39, 0.29) is 5.57 Å². The van der Waals surface area contributed by atoms with Gasteiger partial charge in [-0.05, 0) is 62.4 Å². The molecular formula is C34H33FN6S. The SMILES string of the molecule is C=C(/C(F)=c1/c(-c2nc3c(-c4ccc(C(=C)C)s4)cccc3[nH]2)n[nH]/c1=C/C)c1cncc(NC(=C)C2CCCC2)c1. The topological polar surface area (TPSA) is 82.3 Å². The average molecular weight is 577 g/mol. The smallest absolute Gasteiger partial charge is 0.159 e. The first-order valence-electron chi connectivity index (χ1n) is 14.1. The summed E-state index contributed by atoms with van der Waals surface area (Å²) in [4.78, 5) is 14.8. The highest BCUT2D eigenvalue weighted by Gasteiger charge is 2.20. The number of thiophene rings is 1. The molecular weight excluding hydrogens is 543 g/mol. The zero-order valence-electron chi connectivity index (χ0n) is 23.9. The number of hydrogen-bond acceptors (Lipinski definition) is 5. The van der Waals surface area contributed by atoms with E-state index in [9.17, 15) is 0 Å².